The average Bonchev–Trinajstić information content (AvgIpc) is 2.39. The second kappa shape index (κ2) is 6.60. The molecule has 0 aliphatic heterocycles. The van der Waals surface area contributed by atoms with Gasteiger partial charge in [-0.15, -0.1) is 0 Å². The molecule has 1 heterocycles. The lowest BCUT2D eigenvalue weighted by atomic mass is 9.80. The van der Waals surface area contributed by atoms with Gasteiger partial charge < -0.3 is 10.7 Å². The number of anilines is 2. The minimum atomic E-state index is 0.280. The summed E-state index contributed by atoms with van der Waals surface area (Å²) in [7, 11) is 0. The first-order chi connectivity index (χ1) is 9.90. The molecule has 5 nitrogen and oxygen atoms in total. The third kappa shape index (κ3) is 3.84. The van der Waals surface area contributed by atoms with Crippen molar-refractivity contribution < 1.29 is 0 Å². The van der Waals surface area contributed by atoms with Crippen LogP contribution in [0.25, 0.3) is 0 Å². The van der Waals surface area contributed by atoms with Gasteiger partial charge in [0.05, 0.1) is 0 Å². The summed E-state index contributed by atoms with van der Waals surface area (Å²) in [6.45, 7) is 10.9. The van der Waals surface area contributed by atoms with E-state index in [1.54, 1.807) is 0 Å². The van der Waals surface area contributed by atoms with Gasteiger partial charge in [-0.3, -0.25) is 0 Å². The predicted octanol–water partition coefficient (Wildman–Crippen LogP) is 3.43. The van der Waals surface area contributed by atoms with E-state index in [2.05, 4.69) is 43.4 Å². The average molecular weight is 291 g/mol. The van der Waals surface area contributed by atoms with Gasteiger partial charge in [-0.25, -0.2) is 15.8 Å². The van der Waals surface area contributed by atoms with E-state index in [0.717, 1.165) is 29.0 Å². The van der Waals surface area contributed by atoms with Crippen molar-refractivity contribution >= 4 is 11.6 Å². The number of nitrogens with zero attached hydrogens (tertiary/aromatic N) is 2. The van der Waals surface area contributed by atoms with E-state index in [4.69, 9.17) is 10.8 Å². The summed E-state index contributed by atoms with van der Waals surface area (Å²) >= 11 is 0. The van der Waals surface area contributed by atoms with E-state index < -0.39 is 0 Å². The number of nitrogen functional groups attached to an aromatic ring is 1. The van der Waals surface area contributed by atoms with Gasteiger partial charge in [0.15, 0.2) is 0 Å². The molecule has 0 amide bonds. The molecule has 0 spiro atoms. The van der Waals surface area contributed by atoms with Crippen molar-refractivity contribution in [1.29, 1.82) is 0 Å². The topological polar surface area (TPSA) is 75.9 Å². The van der Waals surface area contributed by atoms with Crippen molar-refractivity contribution in [2.45, 2.75) is 65.8 Å². The molecule has 2 rings (SSSR count). The van der Waals surface area contributed by atoms with E-state index in [1.807, 2.05) is 6.92 Å². The Morgan fingerprint density at radius 2 is 1.62 bits per heavy atom. The highest BCUT2D eigenvalue weighted by Crippen LogP contribution is 2.31. The number of hydrogen-bond donors (Lipinski definition) is 3. The maximum absolute atomic E-state index is 5.60. The van der Waals surface area contributed by atoms with Gasteiger partial charge in [-0.1, -0.05) is 27.7 Å². The van der Waals surface area contributed by atoms with Crippen LogP contribution in [0.15, 0.2) is 0 Å². The Hall–Kier alpha value is -1.36. The Bertz CT molecular complexity index is 476. The molecule has 1 aromatic heterocycles. The summed E-state index contributed by atoms with van der Waals surface area (Å²) in [5.41, 5.74) is 3.69. The second-order valence-corrected chi connectivity index (χ2v) is 6.96. The fraction of sp³-hybridized carbons (Fsp3) is 0.750. The van der Waals surface area contributed by atoms with E-state index in [1.165, 1.54) is 19.3 Å². The molecule has 2 atom stereocenters. The van der Waals surface area contributed by atoms with Gasteiger partial charge in [0.25, 0.3) is 0 Å². The Morgan fingerprint density at radius 3 is 2.14 bits per heavy atom. The Labute approximate surface area is 128 Å². The number of rotatable bonds is 4. The van der Waals surface area contributed by atoms with Gasteiger partial charge in [-0.2, -0.15) is 0 Å². The summed E-state index contributed by atoms with van der Waals surface area (Å²) in [6.07, 6.45) is 3.74. The predicted molar refractivity (Wildman–Crippen MR) is 88.3 cm³/mol. The minimum Gasteiger partial charge on any atom is -0.367 e. The van der Waals surface area contributed by atoms with Crippen LogP contribution < -0.4 is 16.6 Å². The van der Waals surface area contributed by atoms with Crippen molar-refractivity contribution in [3.63, 3.8) is 0 Å². The molecule has 1 fully saturated rings. The number of hydrazine groups is 1. The lowest BCUT2D eigenvalue weighted by molar-refractivity contribution is 0.280. The third-order valence-corrected chi connectivity index (χ3v) is 4.34. The first-order valence-corrected chi connectivity index (χ1v) is 8.02. The maximum Gasteiger partial charge on any atom is 0.148 e. The number of nitrogens with one attached hydrogen (secondary N) is 2. The minimum absolute atomic E-state index is 0.280. The van der Waals surface area contributed by atoms with Gasteiger partial charge in [0.2, 0.25) is 0 Å². The van der Waals surface area contributed by atoms with Gasteiger partial charge in [0, 0.05) is 17.5 Å². The molecular formula is C16H29N5. The van der Waals surface area contributed by atoms with Crippen molar-refractivity contribution in [3.8, 4) is 0 Å². The molecule has 118 valence electrons. The SMILES string of the molecule is Cc1c(NN)nc(C(C)C)nc1NC1CC(C)CC(C)C1. The standard InChI is InChI=1S/C16H29N5/c1-9(2)14-19-15(12(5)16(20-14)21-17)18-13-7-10(3)6-11(4)8-13/h9-11,13H,6-8,17H2,1-5H3,(H2,18,19,20,21). The Balaban J connectivity index is 2.24. The van der Waals surface area contributed by atoms with Gasteiger partial charge in [0.1, 0.15) is 17.5 Å². The van der Waals surface area contributed by atoms with Crippen LogP contribution in [0.2, 0.25) is 0 Å². The van der Waals surface area contributed by atoms with Crippen LogP contribution in [-0.4, -0.2) is 16.0 Å². The highest BCUT2D eigenvalue weighted by Gasteiger charge is 2.25. The highest BCUT2D eigenvalue weighted by molar-refractivity contribution is 5.57. The molecule has 21 heavy (non-hydrogen) atoms. The van der Waals surface area contributed by atoms with Crippen LogP contribution in [0, 0.1) is 18.8 Å². The molecule has 0 bridgehead atoms. The molecule has 1 aliphatic rings. The first-order valence-electron chi connectivity index (χ1n) is 8.02. The van der Waals surface area contributed by atoms with Crippen LogP contribution in [0.3, 0.4) is 0 Å². The van der Waals surface area contributed by atoms with Gasteiger partial charge >= 0.3 is 0 Å². The van der Waals surface area contributed by atoms with Crippen molar-refractivity contribution in [3.05, 3.63) is 11.4 Å². The quantitative estimate of drug-likeness (QED) is 0.585. The lowest BCUT2D eigenvalue weighted by Crippen LogP contribution is -2.31. The lowest BCUT2D eigenvalue weighted by Gasteiger charge is -2.32. The summed E-state index contributed by atoms with van der Waals surface area (Å²) < 4.78 is 0. The largest absolute Gasteiger partial charge is 0.367 e. The number of nitrogens with two attached hydrogens (primary N) is 1. The number of aromatic nitrogens is 2. The summed E-state index contributed by atoms with van der Waals surface area (Å²) in [4.78, 5) is 9.19. The van der Waals surface area contributed by atoms with Crippen LogP contribution in [0.4, 0.5) is 11.6 Å². The van der Waals surface area contributed by atoms with Crippen molar-refractivity contribution in [1.82, 2.24) is 9.97 Å². The fourth-order valence-corrected chi connectivity index (χ4v) is 3.33. The number of hydrogen-bond acceptors (Lipinski definition) is 5. The molecule has 5 heteroatoms. The van der Waals surface area contributed by atoms with Crippen LogP contribution >= 0.6 is 0 Å². The van der Waals surface area contributed by atoms with E-state index in [9.17, 15) is 0 Å². The summed E-state index contributed by atoms with van der Waals surface area (Å²) in [6, 6.07) is 0.489. The van der Waals surface area contributed by atoms with Crippen LogP contribution in [0.1, 0.15) is 64.3 Å². The summed E-state index contributed by atoms with van der Waals surface area (Å²) in [5.74, 6) is 9.88. The monoisotopic (exact) mass is 291 g/mol. The Kier molecular flexibility index (Phi) is 5.04. The van der Waals surface area contributed by atoms with E-state index in [-0.39, 0.29) is 5.92 Å². The molecule has 1 aromatic rings. The normalized spacial score (nSPS) is 26.0. The van der Waals surface area contributed by atoms with Crippen molar-refractivity contribution in [2.24, 2.45) is 17.7 Å². The molecule has 1 saturated carbocycles. The molecule has 2 unspecified atom stereocenters. The van der Waals surface area contributed by atoms with E-state index >= 15 is 0 Å². The molecule has 0 aromatic carbocycles. The molecular weight excluding hydrogens is 262 g/mol. The molecule has 0 radical (unpaired) electrons. The molecule has 4 N–H and O–H groups in total. The zero-order valence-corrected chi connectivity index (χ0v) is 13.9. The van der Waals surface area contributed by atoms with E-state index in [0.29, 0.717) is 11.9 Å². The zero-order valence-electron chi connectivity index (χ0n) is 13.9. The summed E-state index contributed by atoms with van der Waals surface area (Å²) in [5, 5.41) is 3.63. The van der Waals surface area contributed by atoms with Crippen LogP contribution in [-0.2, 0) is 0 Å². The van der Waals surface area contributed by atoms with Crippen molar-refractivity contribution in [2.75, 3.05) is 10.7 Å². The highest BCUT2D eigenvalue weighted by atomic mass is 15.3. The second-order valence-electron chi connectivity index (χ2n) is 6.96. The Morgan fingerprint density at radius 1 is 1.05 bits per heavy atom. The fourth-order valence-electron chi connectivity index (χ4n) is 3.33. The molecule has 0 saturated heterocycles. The zero-order chi connectivity index (χ0) is 15.6. The van der Waals surface area contributed by atoms with Crippen LogP contribution in [0.5, 0.6) is 0 Å². The maximum atomic E-state index is 5.60. The van der Waals surface area contributed by atoms with Gasteiger partial charge in [-0.05, 0) is 38.0 Å². The smallest absolute Gasteiger partial charge is 0.148 e. The third-order valence-electron chi connectivity index (χ3n) is 4.34. The molecule has 1 aliphatic carbocycles. The first kappa shape index (κ1) is 16.0.